The quantitative estimate of drug-likeness (QED) is 0.0278. The van der Waals surface area contributed by atoms with Crippen LogP contribution >= 0.6 is 22.6 Å². The minimum absolute atomic E-state index is 0.289. The van der Waals surface area contributed by atoms with E-state index < -0.39 is 0 Å². The third-order valence-electron chi connectivity index (χ3n) is 10.7. The van der Waals surface area contributed by atoms with Crippen LogP contribution in [0.4, 0.5) is 0 Å². The molecule has 0 aliphatic heterocycles. The first-order valence-corrected chi connectivity index (χ1v) is 26.4. The Kier molecular flexibility index (Phi) is 64.8. The van der Waals surface area contributed by atoms with E-state index in [0.717, 1.165) is 44.0 Å². The van der Waals surface area contributed by atoms with Crippen molar-refractivity contribution in [2.24, 2.45) is 5.92 Å². The number of hydrogen-bond acceptors (Lipinski definition) is 4. The highest BCUT2D eigenvalue weighted by molar-refractivity contribution is 14.1. The predicted octanol–water partition coefficient (Wildman–Crippen LogP) is 17.5. The topological polar surface area (TPSA) is 52.9 Å². The van der Waals surface area contributed by atoms with E-state index in [2.05, 4.69) is 68.3 Å². The summed E-state index contributed by atoms with van der Waals surface area (Å²) in [5.74, 6) is 1.95. The summed E-state index contributed by atoms with van der Waals surface area (Å²) in [5, 5.41) is 16.9. The third kappa shape index (κ3) is 55.9. The van der Waals surface area contributed by atoms with Crippen molar-refractivity contribution >= 4 is 22.6 Å². The van der Waals surface area contributed by atoms with E-state index in [1.165, 1.54) is 205 Å². The van der Waals surface area contributed by atoms with Crippen molar-refractivity contribution in [2.45, 2.75) is 260 Å². The SMILES string of the molecule is C=C(CCCCCCCN(CCO)CCCCCCCC(C)CCCCCCCC)OC(CCCCCCCC)CCCCCCCC.C=CO.CC.CI. The van der Waals surface area contributed by atoms with Crippen LogP contribution in [-0.2, 0) is 4.74 Å². The van der Waals surface area contributed by atoms with Crippen LogP contribution < -0.4 is 0 Å². The predicted molar refractivity (Wildman–Crippen MR) is 260 cm³/mol. The minimum Gasteiger partial charge on any atom is -0.516 e. The van der Waals surface area contributed by atoms with Gasteiger partial charge in [-0.3, -0.25) is 0 Å². The average Bonchev–Trinajstić information content (AvgIpc) is 3.19. The zero-order valence-electron chi connectivity index (χ0n) is 38.9. The number of aliphatic hydroxyl groups excluding tert-OH is 2. The smallest absolute Gasteiger partial charge is 0.0982 e. The number of nitrogens with zero attached hydrogens (tertiary/aromatic N) is 1. The summed E-state index contributed by atoms with van der Waals surface area (Å²) in [7, 11) is 0. The molecule has 0 rings (SSSR count). The maximum Gasteiger partial charge on any atom is 0.0982 e. The highest BCUT2D eigenvalue weighted by atomic mass is 127. The molecule has 0 aliphatic carbocycles. The van der Waals surface area contributed by atoms with Crippen LogP contribution in [0.3, 0.4) is 0 Å². The molecule has 0 bridgehead atoms. The van der Waals surface area contributed by atoms with E-state index in [0.29, 0.717) is 6.10 Å². The van der Waals surface area contributed by atoms with E-state index in [9.17, 15) is 5.11 Å². The molecular formula is C50H104INO3. The summed E-state index contributed by atoms with van der Waals surface area (Å²) >= 11 is 2.15. The van der Waals surface area contributed by atoms with Crippen LogP contribution in [-0.4, -0.2) is 52.4 Å². The Balaban J connectivity index is -0.00000173. The lowest BCUT2D eigenvalue weighted by Crippen LogP contribution is -2.29. The fourth-order valence-corrected chi connectivity index (χ4v) is 7.30. The largest absolute Gasteiger partial charge is 0.516 e. The van der Waals surface area contributed by atoms with Gasteiger partial charge in [0.2, 0.25) is 0 Å². The monoisotopic (exact) mass is 894 g/mol. The average molecular weight is 894 g/mol. The van der Waals surface area contributed by atoms with E-state index >= 15 is 0 Å². The van der Waals surface area contributed by atoms with Gasteiger partial charge in [0.15, 0.2) is 0 Å². The fourth-order valence-electron chi connectivity index (χ4n) is 7.30. The van der Waals surface area contributed by atoms with Gasteiger partial charge in [0.05, 0.1) is 24.7 Å². The second kappa shape index (κ2) is 58.1. The molecule has 0 aliphatic rings. The lowest BCUT2D eigenvalue weighted by atomic mass is 9.96. The van der Waals surface area contributed by atoms with Crippen molar-refractivity contribution in [3.05, 3.63) is 25.2 Å². The van der Waals surface area contributed by atoms with E-state index in [4.69, 9.17) is 9.84 Å². The van der Waals surface area contributed by atoms with Crippen molar-refractivity contribution in [1.82, 2.24) is 4.90 Å². The molecule has 55 heavy (non-hydrogen) atoms. The number of unbranched alkanes of at least 4 members (excludes halogenated alkanes) is 23. The van der Waals surface area contributed by atoms with Crippen LogP contribution in [0.2, 0.25) is 0 Å². The first-order valence-electron chi connectivity index (χ1n) is 24.3. The number of halogens is 1. The molecule has 0 aromatic heterocycles. The Bertz CT molecular complexity index is 659. The summed E-state index contributed by atoms with van der Waals surface area (Å²) in [4.78, 5) is 4.48. The van der Waals surface area contributed by atoms with Crippen LogP contribution in [0.1, 0.15) is 253 Å². The first-order chi connectivity index (χ1) is 27.0. The molecule has 5 heteroatoms. The van der Waals surface area contributed by atoms with Crippen LogP contribution in [0.15, 0.2) is 25.2 Å². The van der Waals surface area contributed by atoms with Gasteiger partial charge in [0.25, 0.3) is 0 Å². The van der Waals surface area contributed by atoms with Gasteiger partial charge in [-0.05, 0) is 68.9 Å². The summed E-state index contributed by atoms with van der Waals surface area (Å²) in [5.41, 5.74) is 0. The number of hydrogen-bond donors (Lipinski definition) is 2. The molecule has 334 valence electrons. The minimum atomic E-state index is 0.289. The zero-order valence-corrected chi connectivity index (χ0v) is 41.1. The normalized spacial score (nSPS) is 11.3. The van der Waals surface area contributed by atoms with Crippen molar-refractivity contribution in [2.75, 3.05) is 31.2 Å². The summed E-state index contributed by atoms with van der Waals surface area (Å²) in [6, 6.07) is 0. The fraction of sp³-hybridized carbons (Fsp3) is 0.920. The Morgan fingerprint density at radius 3 is 1.22 bits per heavy atom. The first kappa shape index (κ1) is 61.4. The molecule has 0 heterocycles. The van der Waals surface area contributed by atoms with Crippen LogP contribution in [0.25, 0.3) is 0 Å². The van der Waals surface area contributed by atoms with Gasteiger partial charge in [-0.1, -0.05) is 238 Å². The third-order valence-corrected chi connectivity index (χ3v) is 10.7. The molecule has 0 radical (unpaired) electrons. The van der Waals surface area contributed by atoms with Gasteiger partial charge in [-0.25, -0.2) is 0 Å². The number of rotatable bonds is 41. The van der Waals surface area contributed by atoms with Gasteiger partial charge >= 0.3 is 0 Å². The molecule has 1 unspecified atom stereocenters. The molecule has 0 aromatic carbocycles. The van der Waals surface area contributed by atoms with Crippen LogP contribution in [0.5, 0.6) is 0 Å². The number of ether oxygens (including phenoxy) is 1. The second-order valence-corrected chi connectivity index (χ2v) is 15.9. The lowest BCUT2D eigenvalue weighted by molar-refractivity contribution is 0.0895. The molecule has 4 nitrogen and oxygen atoms in total. The summed E-state index contributed by atoms with van der Waals surface area (Å²) < 4.78 is 6.47. The molecule has 0 saturated heterocycles. The van der Waals surface area contributed by atoms with Crippen molar-refractivity contribution in [1.29, 1.82) is 0 Å². The molecule has 0 amide bonds. The number of alkyl halides is 1. The standard InChI is InChI=1S/C45H91NO2.C2H4O.C2H6.CH3I/c1-6-9-12-15-20-27-34-43(4)35-28-21-18-25-32-39-46(41-42-47)40-33-26-19-22-29-36-44(5)48-45(37-30-23-16-13-10-7-2)38-31-24-17-14-11-8-3;1-2-3;2*1-2/h43,45,47H,5-42H2,1-4H3;2-3H,1H2;1-2H3;1H3. The summed E-state index contributed by atoms with van der Waals surface area (Å²) in [6.07, 6.45) is 45.4. The second-order valence-electron chi connectivity index (χ2n) is 15.9. The van der Waals surface area contributed by atoms with Crippen molar-refractivity contribution < 1.29 is 14.9 Å². The van der Waals surface area contributed by atoms with Gasteiger partial charge in [-0.2, -0.15) is 0 Å². The Labute approximate surface area is 362 Å². The van der Waals surface area contributed by atoms with E-state index in [1.54, 1.807) is 0 Å². The van der Waals surface area contributed by atoms with E-state index in [1.807, 2.05) is 18.8 Å². The van der Waals surface area contributed by atoms with Gasteiger partial charge in [0, 0.05) is 13.0 Å². The molecule has 1 atom stereocenters. The number of aliphatic hydroxyl groups is 2. The highest BCUT2D eigenvalue weighted by Crippen LogP contribution is 2.22. The van der Waals surface area contributed by atoms with Crippen LogP contribution in [0, 0.1) is 5.92 Å². The molecule has 2 N–H and O–H groups in total. The molecular weight excluding hydrogens is 789 g/mol. The molecule has 0 saturated carbocycles. The van der Waals surface area contributed by atoms with Crippen molar-refractivity contribution in [3.63, 3.8) is 0 Å². The van der Waals surface area contributed by atoms with Crippen molar-refractivity contribution in [3.8, 4) is 0 Å². The Morgan fingerprint density at radius 2 is 0.855 bits per heavy atom. The highest BCUT2D eigenvalue weighted by Gasteiger charge is 2.12. The molecule has 0 fully saturated rings. The molecule has 0 spiro atoms. The van der Waals surface area contributed by atoms with Gasteiger partial charge in [0.1, 0.15) is 0 Å². The maximum absolute atomic E-state index is 9.58. The number of allylic oxidation sites excluding steroid dienone is 1. The maximum atomic E-state index is 9.58. The Morgan fingerprint density at radius 1 is 0.545 bits per heavy atom. The van der Waals surface area contributed by atoms with Gasteiger partial charge < -0.3 is 19.8 Å². The Hall–Kier alpha value is -0.270. The lowest BCUT2D eigenvalue weighted by Gasteiger charge is -2.21. The van der Waals surface area contributed by atoms with Gasteiger partial charge in [-0.15, -0.1) is 0 Å². The molecule has 0 aromatic rings. The summed E-state index contributed by atoms with van der Waals surface area (Å²) in [6.45, 7) is 24.0. The van der Waals surface area contributed by atoms with E-state index in [-0.39, 0.29) is 6.61 Å². The zero-order chi connectivity index (χ0) is 41.9.